The number of rotatable bonds is 1. The minimum Gasteiger partial charge on any atom is -0.447 e. The Bertz CT molecular complexity index is 1230. The Labute approximate surface area is 134 Å². The molecule has 2 heterocycles. The molecule has 2 aromatic carbocycles. The lowest BCUT2D eigenvalue weighted by molar-refractivity contribution is 0.556. The summed E-state index contributed by atoms with van der Waals surface area (Å²) < 4.78 is 6.73. The third-order valence-corrected chi connectivity index (χ3v) is 3.95. The molecule has 114 valence electrons. The van der Waals surface area contributed by atoms with E-state index in [4.69, 9.17) is 16.0 Å². The number of nitrogens with zero attached hydrogens (tertiary/aromatic N) is 1. The van der Waals surface area contributed by atoms with Gasteiger partial charge in [0.25, 0.3) is 5.56 Å². The van der Waals surface area contributed by atoms with Crippen LogP contribution in [0, 0.1) is 17.7 Å². The molecule has 6 heteroatoms. The lowest BCUT2D eigenvalue weighted by atomic mass is 10.2. The van der Waals surface area contributed by atoms with Crippen LogP contribution in [0.1, 0.15) is 5.56 Å². The number of fused-ring (bicyclic) bond motifs is 1. The minimum absolute atomic E-state index is 0.00586. The zero-order valence-electron chi connectivity index (χ0n) is 12.1. The van der Waals surface area contributed by atoms with E-state index in [1.54, 1.807) is 36.4 Å². The van der Waals surface area contributed by atoms with Crippen LogP contribution < -0.4 is 11.1 Å². The first kappa shape index (κ1) is 13.8. The van der Waals surface area contributed by atoms with Crippen LogP contribution in [0.3, 0.4) is 0 Å². The number of halogens is 1. The molecule has 0 saturated carbocycles. The van der Waals surface area contributed by atoms with Gasteiger partial charge in [0, 0.05) is 5.02 Å². The number of hydrogen-bond donors (Lipinski definition) is 1. The van der Waals surface area contributed by atoms with Crippen molar-refractivity contribution in [3.63, 3.8) is 0 Å². The van der Waals surface area contributed by atoms with Crippen LogP contribution in [-0.4, -0.2) is 9.55 Å². The van der Waals surface area contributed by atoms with E-state index in [0.29, 0.717) is 21.8 Å². The highest BCUT2D eigenvalue weighted by Crippen LogP contribution is 2.17. The van der Waals surface area contributed by atoms with E-state index in [0.717, 1.165) is 10.1 Å². The van der Waals surface area contributed by atoms with E-state index in [1.807, 2.05) is 13.0 Å². The predicted molar refractivity (Wildman–Crippen MR) is 87.5 cm³/mol. The van der Waals surface area contributed by atoms with Gasteiger partial charge in [-0.05, 0) is 42.8 Å². The monoisotopic (exact) mass is 326 g/mol. The van der Waals surface area contributed by atoms with Crippen molar-refractivity contribution in [1.82, 2.24) is 9.55 Å². The van der Waals surface area contributed by atoms with Crippen molar-refractivity contribution < 1.29 is 4.42 Å². The summed E-state index contributed by atoms with van der Waals surface area (Å²) in [5.41, 5.74) is 1.57. The summed E-state index contributed by atoms with van der Waals surface area (Å²) in [5.74, 6) is 0. The van der Waals surface area contributed by atoms with Gasteiger partial charge >= 0.3 is 5.56 Å². The molecule has 2 aliphatic rings. The maximum absolute atomic E-state index is 12.6. The minimum atomic E-state index is -0.483. The quantitative estimate of drug-likeness (QED) is 0.584. The Morgan fingerprint density at radius 2 is 1.91 bits per heavy atom. The molecular weight excluding hydrogens is 316 g/mol. The first-order valence-corrected chi connectivity index (χ1v) is 7.36. The molecule has 0 aliphatic carbocycles. The lowest BCUT2D eigenvalue weighted by Crippen LogP contribution is -2.24. The van der Waals surface area contributed by atoms with E-state index in [9.17, 15) is 9.59 Å². The SMILES string of the molecule is Cc1cccc(-n2c(=O)c3[nH]c4cc(Cl)ccc4oc=3c2=O)c1. The fraction of sp³-hybridized carbons (Fsp3) is 0.0588. The van der Waals surface area contributed by atoms with Crippen LogP contribution in [0.5, 0.6) is 0 Å². The Morgan fingerprint density at radius 3 is 2.70 bits per heavy atom. The Kier molecular flexibility index (Phi) is 2.92. The topological polar surface area (TPSA) is 68.0 Å². The summed E-state index contributed by atoms with van der Waals surface area (Å²) in [6.45, 7) is 1.90. The second kappa shape index (κ2) is 4.86. The number of nitrogens with one attached hydrogen (secondary N) is 1. The molecule has 0 atom stereocenters. The van der Waals surface area contributed by atoms with Gasteiger partial charge in [0.2, 0.25) is 5.42 Å². The molecule has 0 unspecified atom stereocenters. The van der Waals surface area contributed by atoms with Crippen molar-refractivity contribution in [2.75, 3.05) is 0 Å². The molecular formula is C17H11ClN2O3. The number of aromatic nitrogens is 2. The second-order valence-corrected chi connectivity index (χ2v) is 5.79. The van der Waals surface area contributed by atoms with Crippen LogP contribution >= 0.6 is 11.6 Å². The third kappa shape index (κ3) is 2.09. The molecule has 23 heavy (non-hydrogen) atoms. The number of H-pyrrole nitrogens is 1. The number of hydrogen-bond acceptors (Lipinski definition) is 3. The average molecular weight is 327 g/mol. The maximum atomic E-state index is 12.6. The molecule has 0 spiro atoms. The molecule has 2 aromatic rings. The van der Waals surface area contributed by atoms with Crippen LogP contribution in [0.15, 0.2) is 56.5 Å². The van der Waals surface area contributed by atoms with E-state index < -0.39 is 11.1 Å². The van der Waals surface area contributed by atoms with E-state index >= 15 is 0 Å². The maximum Gasteiger partial charge on any atom is 0.303 e. The number of benzene rings is 2. The van der Waals surface area contributed by atoms with Crippen LogP contribution in [0.25, 0.3) is 16.8 Å². The Hall–Kier alpha value is -2.79. The van der Waals surface area contributed by atoms with Gasteiger partial charge in [0.15, 0.2) is 10.9 Å². The molecule has 0 amide bonds. The third-order valence-electron chi connectivity index (χ3n) is 3.71. The first-order chi connectivity index (χ1) is 11.0. The molecule has 5 nitrogen and oxygen atoms in total. The van der Waals surface area contributed by atoms with Gasteiger partial charge in [-0.15, -0.1) is 0 Å². The zero-order valence-corrected chi connectivity index (χ0v) is 12.8. The highest BCUT2D eigenvalue weighted by atomic mass is 35.5. The van der Waals surface area contributed by atoms with E-state index in [-0.39, 0.29) is 10.8 Å². The highest BCUT2D eigenvalue weighted by molar-refractivity contribution is 6.31. The van der Waals surface area contributed by atoms with Crippen molar-refractivity contribution in [1.29, 1.82) is 0 Å². The van der Waals surface area contributed by atoms with Crippen LogP contribution in [-0.2, 0) is 0 Å². The molecule has 0 fully saturated rings. The summed E-state index contributed by atoms with van der Waals surface area (Å²) in [6.07, 6.45) is 0. The van der Waals surface area contributed by atoms with Crippen molar-refractivity contribution in [3.05, 3.63) is 84.5 Å². The van der Waals surface area contributed by atoms with Gasteiger partial charge in [-0.2, -0.15) is 0 Å². The molecule has 0 radical (unpaired) electrons. The van der Waals surface area contributed by atoms with E-state index in [2.05, 4.69) is 4.98 Å². The van der Waals surface area contributed by atoms with E-state index in [1.165, 1.54) is 0 Å². The highest BCUT2D eigenvalue weighted by Gasteiger charge is 2.15. The second-order valence-electron chi connectivity index (χ2n) is 5.36. The van der Waals surface area contributed by atoms with Crippen molar-refractivity contribution in [2.24, 2.45) is 0 Å². The summed E-state index contributed by atoms with van der Waals surface area (Å²) in [6, 6.07) is 12.1. The normalized spacial score (nSPS) is 11.4. The summed E-state index contributed by atoms with van der Waals surface area (Å²) in [7, 11) is 0. The smallest absolute Gasteiger partial charge is 0.303 e. The zero-order chi connectivity index (χ0) is 16.1. The Balaban J connectivity index is 2.15. The van der Waals surface area contributed by atoms with Gasteiger partial charge in [0.1, 0.15) is 0 Å². The standard InChI is InChI=1S/C17H11ClN2O3/c1-9-3-2-4-11(7-9)20-16(21)14-15(17(20)22)23-13-6-5-10(18)8-12(13)19-14/h2-8,19H,1H3. The van der Waals surface area contributed by atoms with Crippen molar-refractivity contribution in [2.45, 2.75) is 6.92 Å². The van der Waals surface area contributed by atoms with Crippen molar-refractivity contribution >= 4 is 22.7 Å². The molecule has 0 saturated heterocycles. The number of aryl methyl sites for hydroxylation is 1. The largest absolute Gasteiger partial charge is 0.447 e. The van der Waals surface area contributed by atoms with Gasteiger partial charge in [-0.1, -0.05) is 23.7 Å². The van der Waals surface area contributed by atoms with Crippen LogP contribution in [0.4, 0.5) is 0 Å². The predicted octanol–water partition coefficient (Wildman–Crippen LogP) is 2.96. The fourth-order valence-corrected chi connectivity index (χ4v) is 2.82. The van der Waals surface area contributed by atoms with Gasteiger partial charge < -0.3 is 9.40 Å². The van der Waals surface area contributed by atoms with Gasteiger partial charge in [-0.25, -0.2) is 4.57 Å². The van der Waals surface area contributed by atoms with Crippen LogP contribution in [0.2, 0.25) is 5.02 Å². The first-order valence-electron chi connectivity index (χ1n) is 6.99. The summed E-state index contributed by atoms with van der Waals surface area (Å²) >= 11 is 5.95. The summed E-state index contributed by atoms with van der Waals surface area (Å²) in [5, 5.41) is 0.641. The number of aromatic amines is 1. The van der Waals surface area contributed by atoms with Crippen molar-refractivity contribution in [3.8, 4) is 5.69 Å². The average Bonchev–Trinajstić information content (AvgIpc) is 2.76. The Morgan fingerprint density at radius 1 is 1.09 bits per heavy atom. The lowest BCUT2D eigenvalue weighted by Gasteiger charge is -2.00. The molecule has 1 N–H and O–H groups in total. The van der Waals surface area contributed by atoms with Gasteiger partial charge in [-0.3, -0.25) is 9.59 Å². The molecule has 2 aliphatic heterocycles. The molecule has 0 aromatic heterocycles. The molecule has 0 bridgehead atoms. The molecule has 4 rings (SSSR count). The summed E-state index contributed by atoms with van der Waals surface area (Å²) in [4.78, 5) is 28.2. The van der Waals surface area contributed by atoms with Gasteiger partial charge in [0.05, 0.1) is 11.2 Å². The fourth-order valence-electron chi connectivity index (χ4n) is 2.65.